The molecule has 4 aliphatic heterocycles. The lowest BCUT2D eigenvalue weighted by Crippen LogP contribution is -2.65. The van der Waals surface area contributed by atoms with Gasteiger partial charge in [-0.25, -0.2) is 10.2 Å². The molecule has 34 nitrogen and oxygen atoms in total. The highest BCUT2D eigenvalue weighted by molar-refractivity contribution is 14.1. The first-order valence-corrected chi connectivity index (χ1v) is 42.4. The van der Waals surface area contributed by atoms with Crippen molar-refractivity contribution in [2.24, 2.45) is 10.8 Å². The predicted octanol–water partition coefficient (Wildman–Crippen LogP) is 4.74. The van der Waals surface area contributed by atoms with Crippen LogP contribution in [0.5, 0.6) is 23.0 Å². The molecular formula is C79H108IN7O27S3. The lowest BCUT2D eigenvalue weighted by Gasteiger charge is -2.47. The molecular weight excluding hydrogens is 1700 g/mol. The first kappa shape index (κ1) is 95.7. The van der Waals surface area contributed by atoms with Gasteiger partial charge in [0.15, 0.2) is 41.8 Å². The average molecular weight is 1810 g/mol. The van der Waals surface area contributed by atoms with Gasteiger partial charge in [-0.2, -0.15) is 10.6 Å². The van der Waals surface area contributed by atoms with Crippen LogP contribution < -0.4 is 46.2 Å². The van der Waals surface area contributed by atoms with E-state index >= 15 is 0 Å². The summed E-state index contributed by atoms with van der Waals surface area (Å²) in [5.74, 6) is 9.64. The first-order chi connectivity index (χ1) is 55.6. The molecule has 0 spiro atoms. The number of aliphatic hydroxyl groups excluding tert-OH is 4. The number of carboxylic acid groups (broad SMARTS) is 1. The van der Waals surface area contributed by atoms with Crippen molar-refractivity contribution in [3.8, 4) is 46.7 Å². The van der Waals surface area contributed by atoms with Crippen molar-refractivity contribution in [1.29, 1.82) is 0 Å². The molecule has 2 aromatic rings. The van der Waals surface area contributed by atoms with E-state index in [4.69, 9.17) is 77.3 Å². The van der Waals surface area contributed by atoms with E-state index in [1.54, 1.807) is 69.9 Å². The van der Waals surface area contributed by atoms with E-state index in [1.165, 1.54) is 69.1 Å². The van der Waals surface area contributed by atoms with Gasteiger partial charge >= 0.3 is 12.1 Å². The number of hydroxylamine groups is 1. The minimum absolute atomic E-state index is 0.00262. The largest absolute Gasteiger partial charge is 0.494 e. The third-order valence-electron chi connectivity index (χ3n) is 20.2. The summed E-state index contributed by atoms with van der Waals surface area (Å²) < 4.78 is 78.4. The van der Waals surface area contributed by atoms with Gasteiger partial charge in [0.25, 0.3) is 0 Å². The van der Waals surface area contributed by atoms with Crippen LogP contribution in [0.25, 0.3) is 0 Å². The second kappa shape index (κ2) is 44.7. The van der Waals surface area contributed by atoms with E-state index in [0.717, 1.165) is 18.9 Å². The van der Waals surface area contributed by atoms with Crippen LogP contribution in [0.2, 0.25) is 0 Å². The third-order valence-corrected chi connectivity index (χ3v) is 26.0. The van der Waals surface area contributed by atoms with Crippen molar-refractivity contribution in [2.75, 3.05) is 67.6 Å². The molecule has 117 heavy (non-hydrogen) atoms. The number of allylic oxidation sites excluding steroid dienone is 3. The van der Waals surface area contributed by atoms with Crippen LogP contribution in [0.15, 0.2) is 64.4 Å². The number of thioether (sulfide) groups is 1. The zero-order chi connectivity index (χ0) is 85.8. The van der Waals surface area contributed by atoms with Crippen LogP contribution in [0.1, 0.15) is 135 Å². The van der Waals surface area contributed by atoms with Gasteiger partial charge in [-0.1, -0.05) is 63.1 Å². The van der Waals surface area contributed by atoms with E-state index in [0.29, 0.717) is 64.9 Å². The number of carbonyl (C=O) groups is 7. The molecule has 4 saturated heterocycles. The summed E-state index contributed by atoms with van der Waals surface area (Å²) in [5, 5.41) is 76.4. The number of aliphatic carboxylic acids is 1. The molecule has 0 saturated carbocycles. The molecule has 38 heteroatoms. The summed E-state index contributed by atoms with van der Waals surface area (Å²) in [6.07, 6.45) is -13.8. The van der Waals surface area contributed by atoms with E-state index in [-0.39, 0.29) is 96.1 Å². The number of carbonyl (C=O) groups excluding carboxylic acids is 6. The number of nitrogens with zero attached hydrogens (tertiary/aromatic N) is 2. The molecule has 4 amide bonds. The Labute approximate surface area is 705 Å². The Morgan fingerprint density at radius 3 is 2.22 bits per heavy atom. The van der Waals surface area contributed by atoms with Gasteiger partial charge in [-0.3, -0.25) is 38.9 Å². The Morgan fingerprint density at radius 1 is 0.855 bits per heavy atom. The number of fused-ring (bicyclic) bond motifs is 2. The summed E-state index contributed by atoms with van der Waals surface area (Å²) >= 11 is 2.77. The fraction of sp³-hybridized carbons (Fsp3) is 0.620. The minimum Gasteiger partial charge on any atom is -0.494 e. The summed E-state index contributed by atoms with van der Waals surface area (Å²) in [5.41, 5.74) is 10.0. The maximum atomic E-state index is 14.6. The molecule has 0 radical (unpaired) electrons. The highest BCUT2D eigenvalue weighted by Crippen LogP contribution is 2.50. The fourth-order valence-corrected chi connectivity index (χ4v) is 18.1. The van der Waals surface area contributed by atoms with Crippen molar-refractivity contribution in [3.05, 3.63) is 79.6 Å². The molecule has 2 bridgehead atoms. The number of ether oxygens (including phenoxy) is 13. The number of aliphatic hydroxyl groups is 5. The molecule has 646 valence electrons. The monoisotopic (exact) mass is 1810 g/mol. The number of nitrogens with two attached hydrogens (primary N) is 1. The maximum absolute atomic E-state index is 14.6. The van der Waals surface area contributed by atoms with Gasteiger partial charge in [0.1, 0.15) is 48.4 Å². The molecule has 2 aliphatic carbocycles. The molecule has 4 fully saturated rings. The van der Waals surface area contributed by atoms with Gasteiger partial charge in [-0.15, -0.1) is 0 Å². The van der Waals surface area contributed by atoms with E-state index in [9.17, 15) is 59.1 Å². The van der Waals surface area contributed by atoms with E-state index < -0.39 is 161 Å². The van der Waals surface area contributed by atoms with Crippen LogP contribution in [0.3, 0.4) is 0 Å². The number of methoxy groups -OCH3 is 5. The second-order valence-corrected chi connectivity index (χ2v) is 34.3. The normalized spacial score (nSPS) is 29.5. The van der Waals surface area contributed by atoms with Gasteiger partial charge < -0.3 is 108 Å². The smallest absolute Gasteiger partial charge is 0.411 e. The van der Waals surface area contributed by atoms with Crippen LogP contribution >= 0.6 is 55.9 Å². The van der Waals surface area contributed by atoms with E-state index in [2.05, 4.69) is 50.3 Å². The number of amides is 4. The van der Waals surface area contributed by atoms with Crippen LogP contribution in [-0.2, 0) is 71.4 Å². The summed E-state index contributed by atoms with van der Waals surface area (Å²) in [4.78, 5) is 99.9. The Kier molecular flexibility index (Phi) is 36.6. The van der Waals surface area contributed by atoms with Gasteiger partial charge in [0, 0.05) is 81.6 Å². The number of hydrazone groups is 1. The van der Waals surface area contributed by atoms with Crippen LogP contribution in [-0.4, -0.2) is 276 Å². The first-order valence-electron chi connectivity index (χ1n) is 38.2. The SMILES string of the molecule is CCN(C(C)=O)[C@H]1CO[C@@H](O[C@H]2[C@H](O[C@H]3C#C/C=C\C#C[C@]4(O)CC(=O)C(NC(=O)OC)=C3/C4=C\CSSC(C)(C)CC(=O)NN=C(C)c3ccc(OCCCC(=O)NCCCC[C@H](N)C(=O)O)cc3)O[C@H](C)[C@@H](NO[C@H]3C[C@H](O)[C@H](SC(=O)c4c(C)c(I)c(O[C@@H]5O[C@@H](C)[C@H](O)[C@@H](OC)[C@H]5O)c(OC)c4OC)[C@@H](C)O3)[C@@H]2O)C[C@@H]1OC. The highest BCUT2D eigenvalue weighted by atomic mass is 127. The molecule has 12 N–H and O–H groups in total. The number of Topliss-reactive ketones (excluding diaryl/α,β-unsaturated/α-hetero) is 1. The molecule has 2 aromatic carbocycles. The Bertz CT molecular complexity index is 4070. The number of halogens is 1. The van der Waals surface area contributed by atoms with E-state index in [1.807, 2.05) is 43.4 Å². The number of unbranched alkanes of at least 4 members (excludes halogenated alkanes) is 1. The zero-order valence-corrected chi connectivity index (χ0v) is 72.3. The Hall–Kier alpha value is -6.72. The summed E-state index contributed by atoms with van der Waals surface area (Å²) in [7, 11) is 9.25. The van der Waals surface area contributed by atoms with Crippen molar-refractivity contribution in [3.63, 3.8) is 0 Å². The van der Waals surface area contributed by atoms with Gasteiger partial charge in [0.2, 0.25) is 34.9 Å². The Balaban J connectivity index is 0.969. The molecule has 8 rings (SSSR count). The van der Waals surface area contributed by atoms with Crippen LogP contribution in [0.4, 0.5) is 4.79 Å². The number of hydrogen-bond acceptors (Lipinski definition) is 32. The average Bonchev–Trinajstić information content (AvgIpc) is 0.743. The topological polar surface area (TPSA) is 460 Å². The summed E-state index contributed by atoms with van der Waals surface area (Å²) in [6, 6.07) is 4.40. The van der Waals surface area contributed by atoms with Crippen molar-refractivity contribution >= 4 is 102 Å². The number of nitrogens with one attached hydrogen (secondary N) is 4. The maximum Gasteiger partial charge on any atom is 0.411 e. The second-order valence-electron chi connectivity index (χ2n) is 29.1. The Morgan fingerprint density at radius 2 is 1.56 bits per heavy atom. The quantitative estimate of drug-likeness (QED) is 0.0109. The number of rotatable bonds is 37. The molecule has 4 heterocycles. The lowest BCUT2D eigenvalue weighted by atomic mass is 9.75. The van der Waals surface area contributed by atoms with Crippen molar-refractivity contribution < 1.29 is 131 Å². The van der Waals surface area contributed by atoms with Crippen LogP contribution in [0, 0.1) is 34.2 Å². The number of ketones is 1. The predicted molar refractivity (Wildman–Crippen MR) is 438 cm³/mol. The molecule has 6 aliphatic rings. The lowest BCUT2D eigenvalue weighted by molar-refractivity contribution is -0.337. The molecule has 20 atom stereocenters. The van der Waals surface area contributed by atoms with Crippen molar-refractivity contribution in [1.82, 2.24) is 26.4 Å². The number of hydrogen-bond donors (Lipinski definition) is 11. The number of benzene rings is 2. The zero-order valence-electron chi connectivity index (χ0n) is 67.7. The number of carboxylic acids is 1. The molecule has 0 unspecified atom stereocenters. The number of alkyl carbamates (subject to hydrolysis) is 1. The minimum atomic E-state index is -2.24. The standard InChI is InChI=1S/C79H108IN7O27S3/c1-15-87(45(7)88)50-39-107-57(36-54(50)101-10)112-70-65(94)62(86-114-58-35-51(89)72(44(6)108-58)116-74(98)59-40(2)61(80)68(71(104-13)67(59)102-11)113-75-66(95)69(103-12)64(93)43(5)110-75)42(4)109-76(70)111-53-24-18-16-17-20-31-79(100)37-52(90)63(83-77(99)105-14)60(53)48(79)30-34-115-117-78(8,9)38-56(92)85-84-41(3)46-26-28-47(29-27-46)106-33-22-25-55(91)82-32-21-19-23-49(81)73(96)97/h16-17,26-30,42-44,49-51,53-54,57-58,62,64-66,69-70,72,75-76,86,89,93-95,100H,15,19,21-23,25,32-39,81H2,1-14H3,(H,82,91)(H,83,99)(H,85,92)(H,96,97)/b17-16-,48-30+,84-41?/t42-,43+,44-,49+,50+,51+,53+,54+,57+,58+,62-,64+,65+,66-,69-,70-,72-,75+,76+,79+/m1/s1. The molecule has 0 aromatic heterocycles. The van der Waals surface area contributed by atoms with Gasteiger partial charge in [-0.05, 0) is 151 Å². The van der Waals surface area contributed by atoms with Crippen molar-refractivity contribution in [2.45, 2.75) is 246 Å². The number of likely N-dealkylation sites (N-methyl/N-ethyl adjacent to an activating group) is 1. The third kappa shape index (κ3) is 25.2. The highest BCUT2D eigenvalue weighted by Gasteiger charge is 2.53. The summed E-state index contributed by atoms with van der Waals surface area (Å²) in [6.45, 7) is 16.2. The fourth-order valence-electron chi connectivity index (χ4n) is 13.9. The van der Waals surface area contributed by atoms with Gasteiger partial charge in [0.05, 0.1) is 109 Å².